The maximum atomic E-state index is 12.8. The average molecular weight is 391 g/mol. The number of amides is 1. The fourth-order valence-corrected chi connectivity index (χ4v) is 3.59. The van der Waals surface area contributed by atoms with Crippen LogP contribution in [0.5, 0.6) is 0 Å². The van der Waals surface area contributed by atoms with Crippen molar-refractivity contribution in [3.8, 4) is 11.7 Å². The Morgan fingerprint density at radius 1 is 1.03 bits per heavy atom. The van der Waals surface area contributed by atoms with Crippen LogP contribution in [0.2, 0.25) is 0 Å². The second kappa shape index (κ2) is 7.05. The van der Waals surface area contributed by atoms with E-state index in [0.29, 0.717) is 54.4 Å². The summed E-state index contributed by atoms with van der Waals surface area (Å²) in [5.74, 6) is 1.27. The topological polar surface area (TPSA) is 103 Å². The van der Waals surface area contributed by atoms with Crippen LogP contribution in [0.1, 0.15) is 35.2 Å². The summed E-state index contributed by atoms with van der Waals surface area (Å²) in [5.41, 5.74) is 0.191. The maximum absolute atomic E-state index is 12.8. The number of aromatic nitrogens is 2. The molecule has 0 N–H and O–H groups in total. The van der Waals surface area contributed by atoms with Gasteiger partial charge in [-0.15, -0.1) is 10.2 Å². The predicted octanol–water partition coefficient (Wildman–Crippen LogP) is 3.46. The molecule has 29 heavy (non-hydrogen) atoms. The van der Waals surface area contributed by atoms with Crippen molar-refractivity contribution in [2.24, 2.45) is 0 Å². The van der Waals surface area contributed by atoms with Gasteiger partial charge in [0, 0.05) is 25.1 Å². The number of likely N-dealkylation sites (tertiary alicyclic amines) is 1. The van der Waals surface area contributed by atoms with Crippen molar-refractivity contribution in [2.75, 3.05) is 13.1 Å². The third-order valence-corrected chi connectivity index (χ3v) is 5.15. The SMILES string of the molecule is O=C(c1cc(=O)c2ccccc2o1)N1CCC(c2nnc(-c3ccco3)o2)CC1. The minimum absolute atomic E-state index is 0.0602. The van der Waals surface area contributed by atoms with E-state index < -0.39 is 0 Å². The van der Waals surface area contributed by atoms with E-state index in [1.807, 2.05) is 0 Å². The molecule has 0 atom stereocenters. The second-order valence-corrected chi connectivity index (χ2v) is 6.96. The van der Waals surface area contributed by atoms with E-state index >= 15 is 0 Å². The van der Waals surface area contributed by atoms with Gasteiger partial charge < -0.3 is 18.2 Å². The van der Waals surface area contributed by atoms with Crippen molar-refractivity contribution in [3.05, 3.63) is 70.6 Å². The summed E-state index contributed by atoms with van der Waals surface area (Å²) in [6, 6.07) is 11.7. The smallest absolute Gasteiger partial charge is 0.289 e. The standard InChI is InChI=1S/C21H17N3O5/c25-15-12-18(28-16-5-2-1-4-14(15)16)21(26)24-9-7-13(8-10-24)19-22-23-20(29-19)17-6-3-11-27-17/h1-6,11-13H,7-10H2. The number of rotatable bonds is 3. The van der Waals surface area contributed by atoms with Gasteiger partial charge in [0.15, 0.2) is 16.9 Å². The van der Waals surface area contributed by atoms with Crippen molar-refractivity contribution in [1.82, 2.24) is 15.1 Å². The van der Waals surface area contributed by atoms with Crippen molar-refractivity contribution in [1.29, 1.82) is 0 Å². The number of piperidine rings is 1. The molecule has 0 unspecified atom stereocenters. The van der Waals surface area contributed by atoms with Crippen molar-refractivity contribution >= 4 is 16.9 Å². The third kappa shape index (κ3) is 3.22. The van der Waals surface area contributed by atoms with Crippen molar-refractivity contribution in [3.63, 3.8) is 0 Å². The zero-order valence-corrected chi connectivity index (χ0v) is 15.4. The summed E-state index contributed by atoms with van der Waals surface area (Å²) in [5, 5.41) is 8.63. The molecule has 146 valence electrons. The molecule has 0 aliphatic carbocycles. The van der Waals surface area contributed by atoms with Crippen LogP contribution >= 0.6 is 0 Å². The number of carbonyl (C=O) groups is 1. The Kier molecular flexibility index (Phi) is 4.23. The van der Waals surface area contributed by atoms with Crippen molar-refractivity contribution in [2.45, 2.75) is 18.8 Å². The Balaban J connectivity index is 1.29. The maximum Gasteiger partial charge on any atom is 0.289 e. The molecule has 4 heterocycles. The normalized spacial score (nSPS) is 15.1. The molecule has 5 rings (SSSR count). The number of furan rings is 1. The first-order valence-electron chi connectivity index (χ1n) is 9.38. The Bertz CT molecular complexity index is 1220. The fourth-order valence-electron chi connectivity index (χ4n) is 3.59. The van der Waals surface area contributed by atoms with Crippen LogP contribution in [-0.4, -0.2) is 34.1 Å². The highest BCUT2D eigenvalue weighted by atomic mass is 16.4. The van der Waals surface area contributed by atoms with E-state index in [2.05, 4.69) is 10.2 Å². The molecule has 8 heteroatoms. The molecule has 1 aliphatic rings. The zero-order chi connectivity index (χ0) is 19.8. The highest BCUT2D eigenvalue weighted by molar-refractivity contribution is 5.93. The molecule has 1 fully saturated rings. The molecule has 4 aromatic rings. The molecule has 8 nitrogen and oxygen atoms in total. The first-order chi connectivity index (χ1) is 14.2. The van der Waals surface area contributed by atoms with Gasteiger partial charge in [-0.25, -0.2) is 0 Å². The van der Waals surface area contributed by atoms with E-state index in [1.165, 1.54) is 6.07 Å². The molecule has 1 aliphatic heterocycles. The summed E-state index contributed by atoms with van der Waals surface area (Å²) >= 11 is 0. The summed E-state index contributed by atoms with van der Waals surface area (Å²) in [6.07, 6.45) is 2.92. The number of benzene rings is 1. The largest absolute Gasteiger partial charge is 0.459 e. The van der Waals surface area contributed by atoms with Gasteiger partial charge in [0.2, 0.25) is 5.89 Å². The Morgan fingerprint density at radius 3 is 2.66 bits per heavy atom. The minimum atomic E-state index is -0.284. The van der Waals surface area contributed by atoms with Crippen LogP contribution in [0.25, 0.3) is 22.6 Å². The van der Waals surface area contributed by atoms with Crippen LogP contribution in [0.3, 0.4) is 0 Å². The molecule has 1 aromatic carbocycles. The van der Waals surface area contributed by atoms with Crippen molar-refractivity contribution < 1.29 is 18.0 Å². The lowest BCUT2D eigenvalue weighted by Gasteiger charge is -2.30. The molecule has 0 saturated carbocycles. The summed E-state index contributed by atoms with van der Waals surface area (Å²) in [4.78, 5) is 26.8. The summed E-state index contributed by atoms with van der Waals surface area (Å²) in [6.45, 7) is 1.02. The molecule has 0 bridgehead atoms. The van der Waals surface area contributed by atoms with Gasteiger partial charge in [-0.3, -0.25) is 9.59 Å². The van der Waals surface area contributed by atoms with Gasteiger partial charge >= 0.3 is 0 Å². The van der Waals surface area contributed by atoms with E-state index in [4.69, 9.17) is 13.3 Å². The van der Waals surface area contributed by atoms with Crippen LogP contribution in [-0.2, 0) is 0 Å². The number of para-hydroxylation sites is 1. The number of hydrogen-bond donors (Lipinski definition) is 0. The van der Waals surface area contributed by atoms with E-state index in [9.17, 15) is 9.59 Å². The van der Waals surface area contributed by atoms with Gasteiger partial charge in [0.05, 0.1) is 11.6 Å². The van der Waals surface area contributed by atoms with E-state index in [1.54, 1.807) is 47.6 Å². The van der Waals surface area contributed by atoms with Crippen LogP contribution in [0.4, 0.5) is 0 Å². The lowest BCUT2D eigenvalue weighted by molar-refractivity contribution is 0.0675. The number of carbonyl (C=O) groups excluding carboxylic acids is 1. The number of nitrogens with zero attached hydrogens (tertiary/aromatic N) is 3. The van der Waals surface area contributed by atoms with Gasteiger partial charge in [-0.2, -0.15) is 0 Å². The summed E-state index contributed by atoms with van der Waals surface area (Å²) < 4.78 is 16.7. The average Bonchev–Trinajstić information content (AvgIpc) is 3.45. The lowest BCUT2D eigenvalue weighted by Crippen LogP contribution is -2.38. The predicted molar refractivity (Wildman–Crippen MR) is 102 cm³/mol. The molecule has 1 saturated heterocycles. The highest BCUT2D eigenvalue weighted by Crippen LogP contribution is 2.30. The van der Waals surface area contributed by atoms with Gasteiger partial charge in [-0.1, -0.05) is 12.1 Å². The monoisotopic (exact) mass is 391 g/mol. The minimum Gasteiger partial charge on any atom is -0.459 e. The number of fused-ring (bicyclic) bond motifs is 1. The third-order valence-electron chi connectivity index (χ3n) is 5.15. The van der Waals surface area contributed by atoms with Crippen LogP contribution in [0.15, 0.2) is 66.8 Å². The van der Waals surface area contributed by atoms with Gasteiger partial charge in [0.25, 0.3) is 11.8 Å². The Hall–Kier alpha value is -3.68. The molecule has 0 spiro atoms. The van der Waals surface area contributed by atoms with Gasteiger partial charge in [-0.05, 0) is 37.1 Å². The molecule has 3 aromatic heterocycles. The van der Waals surface area contributed by atoms with Gasteiger partial charge in [0.1, 0.15) is 5.58 Å². The highest BCUT2D eigenvalue weighted by Gasteiger charge is 2.29. The van der Waals surface area contributed by atoms with Crippen LogP contribution < -0.4 is 5.43 Å². The second-order valence-electron chi connectivity index (χ2n) is 6.96. The first-order valence-corrected chi connectivity index (χ1v) is 9.38. The Labute approximate surface area is 164 Å². The van der Waals surface area contributed by atoms with E-state index in [-0.39, 0.29) is 23.0 Å². The molecular formula is C21H17N3O5. The zero-order valence-electron chi connectivity index (χ0n) is 15.4. The quantitative estimate of drug-likeness (QED) is 0.527. The van der Waals surface area contributed by atoms with E-state index in [0.717, 1.165) is 0 Å². The Morgan fingerprint density at radius 2 is 1.86 bits per heavy atom. The lowest BCUT2D eigenvalue weighted by atomic mass is 9.96. The summed E-state index contributed by atoms with van der Waals surface area (Å²) in [7, 11) is 0. The first kappa shape index (κ1) is 17.4. The number of hydrogen-bond acceptors (Lipinski definition) is 7. The molecule has 0 radical (unpaired) electrons. The molecule has 1 amide bonds. The molecular weight excluding hydrogens is 374 g/mol. The fraction of sp³-hybridized carbons (Fsp3) is 0.238. The van der Waals surface area contributed by atoms with Crippen LogP contribution in [0, 0.1) is 0 Å².